The molecular weight excluding hydrogens is 713 g/mol. The summed E-state index contributed by atoms with van der Waals surface area (Å²) in [5, 5.41) is -6.81. The second-order valence-corrected chi connectivity index (χ2v) is 13.3. The van der Waals surface area contributed by atoms with E-state index in [4.69, 9.17) is 33.2 Å². The average Bonchev–Trinajstić information content (AvgIpc) is 1.66. The molecular formula is C58H38O. The molecule has 1 heteroatoms. The van der Waals surface area contributed by atoms with E-state index in [0.29, 0.717) is 0 Å². The first kappa shape index (κ1) is 14.1. The molecule has 0 bridgehead atoms. The SMILES string of the molecule is [2H]c1c(-c2c([2H])c([2H])c(Cc3c4c([2H])c([2H])c([2H])c([2H])c4c(Cc4c([2H])c([2H])c([2H])c5c([2H])c([2H])c([2H])c([2H])c45)c4c([2H])c([2H])c([2H])c([2H])c34)c3c([2H])c([2H])c([2H])c([2H])c23)c([2H])c2c(oc3c(-c4c([2H])c([2H])c5c([2H])c([2H])c([2H])c([2H])c5c4[2H])c([2H])c([2H])c([2H])c32)c1[2H]. The molecule has 1 heterocycles. The fraction of sp³-hybridized carbons (Fsp3) is 0.0345. The lowest BCUT2D eigenvalue weighted by atomic mass is 9.85. The molecule has 0 fully saturated rings. The Balaban J connectivity index is 1.20. The van der Waals surface area contributed by atoms with Crippen LogP contribution >= 0.6 is 0 Å². The van der Waals surface area contributed by atoms with Crippen LogP contribution in [-0.4, -0.2) is 0 Å². The summed E-state index contributed by atoms with van der Waals surface area (Å²) in [5.74, 6) is 0. The highest BCUT2D eigenvalue weighted by Crippen LogP contribution is 2.42. The molecule has 0 aliphatic heterocycles. The van der Waals surface area contributed by atoms with E-state index in [2.05, 4.69) is 0 Å². The molecule has 0 unspecified atom stereocenters. The van der Waals surface area contributed by atoms with Crippen molar-refractivity contribution in [3.05, 3.63) is 228 Å². The van der Waals surface area contributed by atoms with E-state index < -0.39 is 339 Å². The van der Waals surface area contributed by atoms with Gasteiger partial charge in [-0.25, -0.2) is 0 Å². The zero-order valence-electron chi connectivity index (χ0n) is 63.8. The summed E-state index contributed by atoms with van der Waals surface area (Å²) in [6.07, 6.45) is -1.87. The number of rotatable bonds is 6. The van der Waals surface area contributed by atoms with E-state index in [1.165, 1.54) is 0 Å². The zero-order valence-corrected chi connectivity index (χ0v) is 29.8. The Labute approximate surface area is 390 Å². The maximum atomic E-state index is 9.90. The van der Waals surface area contributed by atoms with Gasteiger partial charge in [0.1, 0.15) is 11.2 Å². The van der Waals surface area contributed by atoms with E-state index in [-0.39, 0.29) is 0 Å². The summed E-state index contributed by atoms with van der Waals surface area (Å²) < 4.78 is 315. The van der Waals surface area contributed by atoms with Gasteiger partial charge in [-0.05, 0) is 124 Å². The topological polar surface area (TPSA) is 13.1 Å². The number of furan rings is 1. The first-order valence-electron chi connectivity index (χ1n) is 34.8. The van der Waals surface area contributed by atoms with E-state index in [1.54, 1.807) is 0 Å². The number of fused-ring (bicyclic) bond motifs is 8. The van der Waals surface area contributed by atoms with Crippen LogP contribution in [-0.2, 0) is 12.8 Å². The molecule has 1 nitrogen and oxygen atoms in total. The third kappa shape index (κ3) is 5.54. The van der Waals surface area contributed by atoms with E-state index in [9.17, 15) is 17.8 Å². The van der Waals surface area contributed by atoms with Crippen molar-refractivity contribution in [3.63, 3.8) is 0 Å². The second kappa shape index (κ2) is 13.6. The van der Waals surface area contributed by atoms with Gasteiger partial charge in [0, 0.05) is 16.3 Å². The Morgan fingerprint density at radius 3 is 1.58 bits per heavy atom. The van der Waals surface area contributed by atoms with Crippen molar-refractivity contribution in [3.8, 4) is 22.3 Å². The van der Waals surface area contributed by atoms with Gasteiger partial charge in [0.05, 0.1) is 46.6 Å². The third-order valence-corrected chi connectivity index (χ3v) is 10.1. The zero-order chi connectivity index (χ0) is 68.5. The maximum Gasteiger partial charge on any atom is 0.143 e. The molecule has 11 aromatic carbocycles. The molecule has 0 saturated carbocycles. The summed E-state index contributed by atoms with van der Waals surface area (Å²) in [6, 6.07) is -30.2. The smallest absolute Gasteiger partial charge is 0.143 e. The van der Waals surface area contributed by atoms with Gasteiger partial charge < -0.3 is 4.42 Å². The molecule has 0 aliphatic carbocycles. The van der Waals surface area contributed by atoms with Gasteiger partial charge >= 0.3 is 0 Å². The lowest BCUT2D eigenvalue weighted by Gasteiger charge is -2.19. The quantitative estimate of drug-likeness (QED) is 0.153. The molecule has 0 atom stereocenters. The van der Waals surface area contributed by atoms with Crippen LogP contribution in [0.1, 0.15) is 68.9 Å². The van der Waals surface area contributed by atoms with Gasteiger partial charge in [-0.2, -0.15) is 0 Å². The number of para-hydroxylation sites is 1. The molecule has 12 aromatic rings. The highest BCUT2D eigenvalue weighted by atomic mass is 16.3. The Kier molecular flexibility index (Phi) is 3.25. The molecule has 276 valence electrons. The minimum Gasteiger partial charge on any atom is -0.455 e. The largest absolute Gasteiger partial charge is 0.455 e. The van der Waals surface area contributed by atoms with Crippen LogP contribution in [0.25, 0.3) is 98.1 Å². The van der Waals surface area contributed by atoms with Crippen molar-refractivity contribution in [1.29, 1.82) is 0 Å². The van der Waals surface area contributed by atoms with Crippen LogP contribution in [0, 0.1) is 0 Å². The van der Waals surface area contributed by atoms with Gasteiger partial charge in [-0.15, -0.1) is 0 Å². The Morgan fingerprint density at radius 2 is 0.847 bits per heavy atom. The minimum absolute atomic E-state index is 0.398. The van der Waals surface area contributed by atoms with Crippen LogP contribution in [0.2, 0.25) is 0 Å². The predicted octanol–water partition coefficient (Wildman–Crippen LogP) is 15.9. The van der Waals surface area contributed by atoms with Crippen molar-refractivity contribution in [2.45, 2.75) is 12.8 Å². The van der Waals surface area contributed by atoms with Crippen LogP contribution in [0.4, 0.5) is 0 Å². The van der Waals surface area contributed by atoms with Gasteiger partial charge in [0.15, 0.2) is 0 Å². The number of benzene rings is 11. The van der Waals surface area contributed by atoms with Crippen molar-refractivity contribution in [2.24, 2.45) is 0 Å². The molecule has 0 saturated heterocycles. The van der Waals surface area contributed by atoms with Gasteiger partial charge in [0.2, 0.25) is 0 Å². The lowest BCUT2D eigenvalue weighted by Crippen LogP contribution is -1.99. The van der Waals surface area contributed by atoms with E-state index in [1.807, 2.05) is 0 Å². The molecule has 0 N–H and O–H groups in total. The average molecular weight is 785 g/mol. The standard InChI is InChI=1S/C58H38O/c1-2-15-39-33-41(28-27-37(39)13-1)47-25-12-26-53-56-36-43(30-32-57(56)59-58(47)53)46-31-29-42(45-19-5-6-20-48(45)46)35-55-51-23-9-7-21-49(51)54(50-22-8-10-24-52(50)55)34-40-17-11-16-38-14-3-4-18-44(38)40/h1-33,36H,34-35H2/i1D,2D,3D,4D,5D,6D,7D,8D,9D,10D,11D,12D,13D,14D,15D,16D,17D,18D,19D,20D,21D,22D,23D,24D,25D,26D,27D,28D,29D,30D,31D,32D,33D,36D. The van der Waals surface area contributed by atoms with Crippen molar-refractivity contribution in [1.82, 2.24) is 0 Å². The van der Waals surface area contributed by atoms with Gasteiger partial charge in [0.25, 0.3) is 0 Å². The Bertz CT molecular complexity index is 5530. The van der Waals surface area contributed by atoms with Gasteiger partial charge in [-0.1, -0.05) is 187 Å². The summed E-state index contributed by atoms with van der Waals surface area (Å²) in [5.41, 5.74) is -6.24. The molecule has 0 amide bonds. The normalized spacial score (nSPS) is 19.9. The molecule has 0 aliphatic rings. The Morgan fingerprint density at radius 1 is 0.322 bits per heavy atom. The summed E-state index contributed by atoms with van der Waals surface area (Å²) in [6.45, 7) is 0. The Hall–Kier alpha value is -7.48. The monoisotopic (exact) mass is 785 g/mol. The summed E-state index contributed by atoms with van der Waals surface area (Å²) in [7, 11) is 0. The number of hydrogen-bond donors (Lipinski definition) is 0. The van der Waals surface area contributed by atoms with Crippen molar-refractivity contribution < 1.29 is 51.0 Å². The second-order valence-electron chi connectivity index (χ2n) is 13.3. The molecule has 1 aromatic heterocycles. The fourth-order valence-electron chi connectivity index (χ4n) is 7.42. The molecule has 12 rings (SSSR count). The first-order chi connectivity index (χ1) is 43.4. The molecule has 0 spiro atoms. The van der Waals surface area contributed by atoms with E-state index >= 15 is 0 Å². The van der Waals surface area contributed by atoms with Crippen LogP contribution in [0.15, 0.2) is 210 Å². The molecule has 59 heavy (non-hydrogen) atoms. The van der Waals surface area contributed by atoms with Crippen molar-refractivity contribution >= 4 is 75.8 Å². The van der Waals surface area contributed by atoms with Crippen molar-refractivity contribution in [2.75, 3.05) is 0 Å². The van der Waals surface area contributed by atoms with E-state index in [0.717, 1.165) is 0 Å². The lowest BCUT2D eigenvalue weighted by molar-refractivity contribution is 0.670. The fourth-order valence-corrected chi connectivity index (χ4v) is 7.42. The predicted molar refractivity (Wildman–Crippen MR) is 251 cm³/mol. The third-order valence-electron chi connectivity index (χ3n) is 10.1. The number of hydrogen-bond acceptors (Lipinski definition) is 1. The maximum absolute atomic E-state index is 9.90. The highest BCUT2D eigenvalue weighted by Gasteiger charge is 2.18. The van der Waals surface area contributed by atoms with Crippen LogP contribution < -0.4 is 0 Å². The first-order valence-corrected chi connectivity index (χ1v) is 17.8. The summed E-state index contributed by atoms with van der Waals surface area (Å²) >= 11 is 0. The minimum atomic E-state index is -1.05. The summed E-state index contributed by atoms with van der Waals surface area (Å²) in [4.78, 5) is 0. The highest BCUT2D eigenvalue weighted by molar-refractivity contribution is 6.12. The van der Waals surface area contributed by atoms with Crippen LogP contribution in [0.3, 0.4) is 0 Å². The van der Waals surface area contributed by atoms with Gasteiger partial charge in [-0.3, -0.25) is 0 Å². The molecule has 0 radical (unpaired) electrons. The van der Waals surface area contributed by atoms with Crippen LogP contribution in [0.5, 0.6) is 0 Å².